The van der Waals surface area contributed by atoms with Crippen LogP contribution in [0.2, 0.25) is 0 Å². The fraction of sp³-hybridized carbons (Fsp3) is 0.263. The van der Waals surface area contributed by atoms with E-state index in [1.54, 1.807) is 25.3 Å². The van der Waals surface area contributed by atoms with Crippen LogP contribution in [0.5, 0.6) is 11.5 Å². The van der Waals surface area contributed by atoms with E-state index in [0.717, 1.165) is 5.56 Å². The van der Waals surface area contributed by atoms with Crippen LogP contribution >= 0.6 is 0 Å². The minimum atomic E-state index is -0.806. The predicted octanol–water partition coefficient (Wildman–Crippen LogP) is 1.97. The lowest BCUT2D eigenvalue weighted by molar-refractivity contribution is -0.130. The van der Waals surface area contributed by atoms with Crippen molar-refractivity contribution in [2.75, 3.05) is 20.3 Å². The van der Waals surface area contributed by atoms with Crippen LogP contribution < -0.4 is 14.8 Å². The molecule has 0 unspecified atom stereocenters. The van der Waals surface area contributed by atoms with Crippen molar-refractivity contribution < 1.29 is 23.8 Å². The molecule has 0 aliphatic carbocycles. The number of hydrogen-bond acceptors (Lipinski definition) is 5. The number of carbonyl (C=O) groups excluding carboxylic acids is 2. The number of amides is 1. The van der Waals surface area contributed by atoms with Crippen molar-refractivity contribution in [1.82, 2.24) is 5.32 Å². The molecular weight excluding hydrogens is 322 g/mol. The third-order valence-electron chi connectivity index (χ3n) is 3.90. The van der Waals surface area contributed by atoms with Gasteiger partial charge in [0.15, 0.2) is 6.10 Å². The molecule has 6 nitrogen and oxygen atoms in total. The largest absolute Gasteiger partial charge is 0.497 e. The summed E-state index contributed by atoms with van der Waals surface area (Å²) in [4.78, 5) is 24.1. The topological polar surface area (TPSA) is 73.9 Å². The number of nitrogens with one attached hydrogen (secondary N) is 1. The molecule has 3 rings (SSSR count). The number of benzene rings is 2. The fourth-order valence-corrected chi connectivity index (χ4v) is 2.63. The molecule has 6 heteroatoms. The molecule has 1 amide bonds. The zero-order chi connectivity index (χ0) is 17.6. The second-order valence-corrected chi connectivity index (χ2v) is 5.57. The van der Waals surface area contributed by atoms with Crippen LogP contribution in [0.4, 0.5) is 0 Å². The maximum Gasteiger partial charge on any atom is 0.339 e. The molecule has 0 aromatic heterocycles. The van der Waals surface area contributed by atoms with Gasteiger partial charge in [-0.3, -0.25) is 4.79 Å². The molecule has 2 aromatic carbocycles. The van der Waals surface area contributed by atoms with Gasteiger partial charge in [-0.05, 0) is 23.8 Å². The normalized spacial score (nSPS) is 15.7. The average Bonchev–Trinajstić information content (AvgIpc) is 2.65. The Labute approximate surface area is 145 Å². The van der Waals surface area contributed by atoms with Gasteiger partial charge >= 0.3 is 5.97 Å². The molecule has 0 spiro atoms. The maximum absolute atomic E-state index is 12.2. The lowest BCUT2D eigenvalue weighted by Gasteiger charge is -2.23. The minimum absolute atomic E-state index is 0.302. The first-order chi connectivity index (χ1) is 12.2. The summed E-state index contributed by atoms with van der Waals surface area (Å²) in [6.07, 6.45) is -0.427. The number of fused-ring (bicyclic) bond motifs is 1. The van der Waals surface area contributed by atoms with Crippen molar-refractivity contribution in [3.63, 3.8) is 0 Å². The summed E-state index contributed by atoms with van der Waals surface area (Å²) in [5.41, 5.74) is 1.35. The molecule has 0 saturated carbocycles. The van der Waals surface area contributed by atoms with Crippen molar-refractivity contribution in [3.8, 4) is 11.5 Å². The highest BCUT2D eigenvalue weighted by Gasteiger charge is 2.30. The Balaban J connectivity index is 1.48. The number of carbonyl (C=O) groups is 2. The molecule has 1 N–H and O–H groups in total. The van der Waals surface area contributed by atoms with Gasteiger partial charge in [0.1, 0.15) is 18.1 Å². The van der Waals surface area contributed by atoms with Crippen molar-refractivity contribution in [2.45, 2.75) is 12.5 Å². The first-order valence-electron chi connectivity index (χ1n) is 8.01. The van der Waals surface area contributed by atoms with E-state index in [-0.39, 0.29) is 5.91 Å². The standard InChI is InChI=1S/C19H19NO5/c1-23-14-6-4-7-15(12-14)24-10-9-20-18(21)17-11-13-5-2-3-8-16(13)19(22)25-17/h2-8,12,17H,9-11H2,1H3,(H,20,21)/t17-/m1/s1. The van der Waals surface area contributed by atoms with Gasteiger partial charge in [-0.2, -0.15) is 0 Å². The van der Waals surface area contributed by atoms with E-state index in [4.69, 9.17) is 14.2 Å². The van der Waals surface area contributed by atoms with Gasteiger partial charge in [-0.25, -0.2) is 4.79 Å². The zero-order valence-electron chi connectivity index (χ0n) is 13.9. The van der Waals surface area contributed by atoms with Gasteiger partial charge in [-0.15, -0.1) is 0 Å². The second kappa shape index (κ2) is 7.70. The highest BCUT2D eigenvalue weighted by molar-refractivity contribution is 5.95. The Morgan fingerprint density at radius 3 is 2.84 bits per heavy atom. The zero-order valence-corrected chi connectivity index (χ0v) is 13.9. The Bertz CT molecular complexity index is 774. The predicted molar refractivity (Wildman–Crippen MR) is 90.8 cm³/mol. The third-order valence-corrected chi connectivity index (χ3v) is 3.90. The number of cyclic esters (lactones) is 1. The van der Waals surface area contributed by atoms with Crippen LogP contribution in [-0.2, 0) is 16.0 Å². The van der Waals surface area contributed by atoms with E-state index < -0.39 is 12.1 Å². The summed E-state index contributed by atoms with van der Waals surface area (Å²) in [5.74, 6) is 0.577. The number of methoxy groups -OCH3 is 1. The quantitative estimate of drug-likeness (QED) is 0.642. The third kappa shape index (κ3) is 4.09. The molecule has 0 bridgehead atoms. The smallest absolute Gasteiger partial charge is 0.339 e. The highest BCUT2D eigenvalue weighted by atomic mass is 16.5. The van der Waals surface area contributed by atoms with Gasteiger partial charge in [-0.1, -0.05) is 24.3 Å². The number of esters is 1. The summed E-state index contributed by atoms with van der Waals surface area (Å²) >= 11 is 0. The van der Waals surface area contributed by atoms with Crippen LogP contribution in [0.15, 0.2) is 48.5 Å². The van der Waals surface area contributed by atoms with E-state index in [1.807, 2.05) is 30.3 Å². The molecular formula is C19H19NO5. The summed E-state index contributed by atoms with van der Waals surface area (Å²) in [6.45, 7) is 0.613. The molecule has 1 atom stereocenters. The van der Waals surface area contributed by atoms with Gasteiger partial charge < -0.3 is 19.5 Å². The van der Waals surface area contributed by atoms with E-state index in [1.165, 1.54) is 0 Å². The van der Waals surface area contributed by atoms with Crippen LogP contribution in [0.25, 0.3) is 0 Å². The van der Waals surface area contributed by atoms with Gasteiger partial charge in [0.05, 0.1) is 19.2 Å². The van der Waals surface area contributed by atoms with E-state index in [0.29, 0.717) is 36.6 Å². The van der Waals surface area contributed by atoms with Crippen LogP contribution in [-0.4, -0.2) is 38.2 Å². The van der Waals surface area contributed by atoms with Crippen molar-refractivity contribution in [3.05, 3.63) is 59.7 Å². The van der Waals surface area contributed by atoms with Crippen molar-refractivity contribution in [2.24, 2.45) is 0 Å². The summed E-state index contributed by atoms with van der Waals surface area (Å²) in [5, 5.41) is 2.73. The summed E-state index contributed by atoms with van der Waals surface area (Å²) in [6, 6.07) is 14.4. The van der Waals surface area contributed by atoms with Gasteiger partial charge in [0, 0.05) is 12.5 Å². The first kappa shape index (κ1) is 16.8. The Hall–Kier alpha value is -3.02. The molecule has 2 aromatic rings. The molecule has 25 heavy (non-hydrogen) atoms. The summed E-state index contributed by atoms with van der Waals surface area (Å²) < 4.78 is 15.9. The van der Waals surface area contributed by atoms with Gasteiger partial charge in [0.2, 0.25) is 0 Å². The van der Waals surface area contributed by atoms with Crippen molar-refractivity contribution >= 4 is 11.9 Å². The lowest BCUT2D eigenvalue weighted by Crippen LogP contribution is -2.43. The molecule has 0 fully saturated rings. The minimum Gasteiger partial charge on any atom is -0.497 e. The van der Waals surface area contributed by atoms with Crippen LogP contribution in [0, 0.1) is 0 Å². The molecule has 0 radical (unpaired) electrons. The summed E-state index contributed by atoms with van der Waals surface area (Å²) in [7, 11) is 1.59. The molecule has 1 heterocycles. The molecule has 1 aliphatic rings. The van der Waals surface area contributed by atoms with E-state index in [2.05, 4.69) is 5.32 Å². The highest BCUT2D eigenvalue weighted by Crippen LogP contribution is 2.21. The second-order valence-electron chi connectivity index (χ2n) is 5.57. The van der Waals surface area contributed by atoms with E-state index >= 15 is 0 Å². The average molecular weight is 341 g/mol. The van der Waals surface area contributed by atoms with Crippen molar-refractivity contribution in [1.29, 1.82) is 0 Å². The van der Waals surface area contributed by atoms with Gasteiger partial charge in [0.25, 0.3) is 5.91 Å². The van der Waals surface area contributed by atoms with E-state index in [9.17, 15) is 9.59 Å². The van der Waals surface area contributed by atoms with Crippen LogP contribution in [0.3, 0.4) is 0 Å². The maximum atomic E-state index is 12.2. The fourth-order valence-electron chi connectivity index (χ4n) is 2.63. The SMILES string of the molecule is COc1cccc(OCCNC(=O)[C@H]2Cc3ccccc3C(=O)O2)c1. The molecule has 1 aliphatic heterocycles. The number of hydrogen-bond donors (Lipinski definition) is 1. The number of rotatable bonds is 6. The Morgan fingerprint density at radius 2 is 2.00 bits per heavy atom. The monoisotopic (exact) mass is 341 g/mol. The molecule has 0 saturated heterocycles. The Kier molecular flexibility index (Phi) is 5.18. The first-order valence-corrected chi connectivity index (χ1v) is 8.01. The lowest BCUT2D eigenvalue weighted by atomic mass is 9.98. The molecule has 130 valence electrons. The Morgan fingerprint density at radius 1 is 1.20 bits per heavy atom. The van der Waals surface area contributed by atoms with Crippen LogP contribution in [0.1, 0.15) is 15.9 Å². The number of ether oxygens (including phenoxy) is 3.